The Hall–Kier alpha value is -9.12. The number of aromatic nitrogens is 4. The summed E-state index contributed by atoms with van der Waals surface area (Å²) in [6.07, 6.45) is 5.73. The summed E-state index contributed by atoms with van der Waals surface area (Å²) in [6, 6.07) is 85.0. The minimum atomic E-state index is 0.451. The van der Waals surface area contributed by atoms with Crippen molar-refractivity contribution in [3.63, 3.8) is 0 Å². The van der Waals surface area contributed by atoms with E-state index in [0.717, 1.165) is 29.2 Å². The topological polar surface area (TPSA) is 19.7 Å². The van der Waals surface area contributed by atoms with Gasteiger partial charge in [0.1, 0.15) is 0 Å². The van der Waals surface area contributed by atoms with Crippen LogP contribution in [0.4, 0.5) is 0 Å². The lowest BCUT2D eigenvalue weighted by Crippen LogP contribution is -2.05. The van der Waals surface area contributed by atoms with Gasteiger partial charge in [0.05, 0.1) is 38.6 Å². The van der Waals surface area contributed by atoms with E-state index in [9.17, 15) is 0 Å². The molecule has 0 bridgehead atoms. The zero-order valence-corrected chi connectivity index (χ0v) is 39.2. The van der Waals surface area contributed by atoms with Gasteiger partial charge in [-0.25, -0.2) is 0 Å². The van der Waals surface area contributed by atoms with Crippen molar-refractivity contribution >= 4 is 82.4 Å². The number of nitrogens with zero attached hydrogens (tertiary/aromatic N) is 4. The molecule has 0 aliphatic heterocycles. The fourth-order valence-corrected chi connectivity index (χ4v) is 12.2. The maximum absolute atomic E-state index is 2.49. The zero-order valence-electron chi connectivity index (χ0n) is 39.2. The van der Waals surface area contributed by atoms with Crippen molar-refractivity contribution in [2.24, 2.45) is 5.92 Å². The number of para-hydroxylation sites is 5. The van der Waals surface area contributed by atoms with E-state index in [1.807, 2.05) is 0 Å². The van der Waals surface area contributed by atoms with Crippen LogP contribution in [0.25, 0.3) is 127 Å². The van der Waals surface area contributed by atoms with Crippen LogP contribution < -0.4 is 0 Å². The normalized spacial score (nSPS) is 13.7. The first-order chi connectivity index (χ1) is 35.1. The molecular formula is C67H46N4. The smallest absolute Gasteiger partial charge is 0.0547 e. The van der Waals surface area contributed by atoms with Crippen LogP contribution in [0.15, 0.2) is 237 Å². The van der Waals surface area contributed by atoms with Crippen molar-refractivity contribution in [2.45, 2.75) is 13.3 Å². The number of hydrogen-bond acceptors (Lipinski definition) is 0. The molecule has 1 aliphatic carbocycles. The Morgan fingerprint density at radius 3 is 1.31 bits per heavy atom. The van der Waals surface area contributed by atoms with Crippen LogP contribution in [0.3, 0.4) is 0 Å². The lowest BCUT2D eigenvalue weighted by Gasteiger charge is -2.16. The second-order valence-electron chi connectivity index (χ2n) is 19.4. The van der Waals surface area contributed by atoms with Crippen LogP contribution >= 0.6 is 0 Å². The maximum Gasteiger partial charge on any atom is 0.0547 e. The van der Waals surface area contributed by atoms with Crippen molar-refractivity contribution in [3.8, 4) is 45.0 Å². The number of fused-ring (bicyclic) bond motifs is 12. The first-order valence-electron chi connectivity index (χ1n) is 24.8. The van der Waals surface area contributed by atoms with Crippen molar-refractivity contribution in [3.05, 3.63) is 248 Å². The highest BCUT2D eigenvalue weighted by atomic mass is 15.0. The van der Waals surface area contributed by atoms with Crippen molar-refractivity contribution in [1.82, 2.24) is 18.3 Å². The van der Waals surface area contributed by atoms with Crippen LogP contribution in [0.5, 0.6) is 0 Å². The summed E-state index contributed by atoms with van der Waals surface area (Å²) in [4.78, 5) is 0. The van der Waals surface area contributed by atoms with Crippen molar-refractivity contribution in [1.29, 1.82) is 0 Å². The van der Waals surface area contributed by atoms with Crippen molar-refractivity contribution in [2.75, 3.05) is 0 Å². The van der Waals surface area contributed by atoms with Crippen molar-refractivity contribution < 1.29 is 0 Å². The second-order valence-corrected chi connectivity index (χ2v) is 19.4. The Bertz CT molecular complexity index is 4390. The zero-order chi connectivity index (χ0) is 46.7. The molecular weight excluding hydrogens is 861 g/mol. The molecule has 15 rings (SSSR count). The summed E-state index contributed by atoms with van der Waals surface area (Å²) < 4.78 is 9.73. The SMILES string of the molecule is CC1C=Cc2c(c3cc(-c4cccc5c4c4ccccc4n5-c4ccc(-c5ccc(-n6c7ccccc7c7ccccc76)cc5)cc4)ccc3n2-c2cccc(-n3c4ccccc4c4ccccc43)c2)C1. The predicted molar refractivity (Wildman–Crippen MR) is 299 cm³/mol. The Labute approximate surface area is 410 Å². The molecule has 0 N–H and O–H groups in total. The minimum Gasteiger partial charge on any atom is -0.310 e. The molecule has 4 heteroatoms. The number of benzene rings is 10. The van der Waals surface area contributed by atoms with Gasteiger partial charge in [-0.15, -0.1) is 0 Å². The van der Waals surface area contributed by atoms with E-state index in [1.54, 1.807) is 0 Å². The summed E-state index contributed by atoms with van der Waals surface area (Å²) in [5, 5.41) is 8.93. The molecule has 0 spiro atoms. The van der Waals surface area contributed by atoms with E-state index in [1.165, 1.54) is 110 Å². The molecule has 1 atom stereocenters. The first kappa shape index (κ1) is 39.8. The van der Waals surface area contributed by atoms with Gasteiger partial charge < -0.3 is 18.3 Å². The average molecular weight is 907 g/mol. The molecule has 4 heterocycles. The molecule has 4 nitrogen and oxygen atoms in total. The average Bonchev–Trinajstić information content (AvgIpc) is 4.16. The summed E-state index contributed by atoms with van der Waals surface area (Å²) in [5.74, 6) is 0.451. The van der Waals surface area contributed by atoms with Crippen LogP contribution in [0.1, 0.15) is 18.2 Å². The molecule has 4 aromatic heterocycles. The monoisotopic (exact) mass is 906 g/mol. The van der Waals surface area contributed by atoms with Gasteiger partial charge in [-0.1, -0.05) is 153 Å². The minimum absolute atomic E-state index is 0.451. The Morgan fingerprint density at radius 2 is 0.746 bits per heavy atom. The number of allylic oxidation sites excluding steroid dienone is 1. The van der Waals surface area contributed by atoms with Crippen LogP contribution in [0, 0.1) is 5.92 Å². The molecule has 0 fully saturated rings. The third-order valence-corrected chi connectivity index (χ3v) is 15.3. The van der Waals surface area contributed by atoms with Gasteiger partial charge in [0.2, 0.25) is 0 Å². The fraction of sp³-hybridized carbons (Fsp3) is 0.0448. The van der Waals surface area contributed by atoms with Gasteiger partial charge >= 0.3 is 0 Å². The largest absolute Gasteiger partial charge is 0.310 e. The Kier molecular flexibility index (Phi) is 8.67. The number of rotatable bonds is 6. The quantitative estimate of drug-likeness (QED) is 0.158. The van der Waals surface area contributed by atoms with Crippen LogP contribution in [-0.2, 0) is 6.42 Å². The van der Waals surface area contributed by atoms with Gasteiger partial charge in [0.25, 0.3) is 0 Å². The van der Waals surface area contributed by atoms with Crippen LogP contribution in [0.2, 0.25) is 0 Å². The second kappa shape index (κ2) is 15.4. The highest BCUT2D eigenvalue weighted by Gasteiger charge is 2.24. The molecule has 14 aromatic rings. The molecule has 71 heavy (non-hydrogen) atoms. The first-order valence-corrected chi connectivity index (χ1v) is 24.8. The molecule has 0 saturated carbocycles. The van der Waals surface area contributed by atoms with Gasteiger partial charge in [-0.2, -0.15) is 0 Å². The molecule has 0 saturated heterocycles. The fourth-order valence-electron chi connectivity index (χ4n) is 12.2. The van der Waals surface area contributed by atoms with Gasteiger partial charge in [0, 0.05) is 66.1 Å². The Balaban J connectivity index is 0.820. The third kappa shape index (κ3) is 5.98. The molecule has 10 aromatic carbocycles. The summed E-state index contributed by atoms with van der Waals surface area (Å²) in [7, 11) is 0. The van der Waals surface area contributed by atoms with E-state index >= 15 is 0 Å². The van der Waals surface area contributed by atoms with E-state index in [-0.39, 0.29) is 0 Å². The standard InChI is InChI=1S/C67H46N4/c1-43-28-38-64-57(40-43)58-41-46(33-39-65(58)71(64)50-15-12-14-49(42-50)70-61-24-9-4-18-54(61)55-19-5-10-25-62(55)70)51-21-13-27-66-67(51)56-20-6-11-26-63(56)69(66)48-36-31-45(32-37-48)44-29-34-47(35-30-44)68-59-22-7-2-16-52(59)53-17-3-8-23-60(53)68/h2-39,41-43H,40H2,1H3. The van der Waals surface area contributed by atoms with E-state index < -0.39 is 0 Å². The molecule has 0 amide bonds. The predicted octanol–water partition coefficient (Wildman–Crippen LogP) is 17.5. The molecule has 1 aliphatic rings. The third-order valence-electron chi connectivity index (χ3n) is 15.3. The summed E-state index contributed by atoms with van der Waals surface area (Å²) in [6.45, 7) is 2.33. The Morgan fingerprint density at radius 1 is 0.324 bits per heavy atom. The lowest BCUT2D eigenvalue weighted by atomic mass is 9.92. The highest BCUT2D eigenvalue weighted by Crippen LogP contribution is 2.43. The number of hydrogen-bond donors (Lipinski definition) is 0. The van der Waals surface area contributed by atoms with Gasteiger partial charge in [0.15, 0.2) is 0 Å². The maximum atomic E-state index is 2.49. The van der Waals surface area contributed by atoms with Gasteiger partial charge in [-0.05, 0) is 137 Å². The van der Waals surface area contributed by atoms with E-state index in [4.69, 9.17) is 0 Å². The van der Waals surface area contributed by atoms with E-state index in [2.05, 4.69) is 268 Å². The summed E-state index contributed by atoms with van der Waals surface area (Å²) >= 11 is 0. The molecule has 334 valence electrons. The van der Waals surface area contributed by atoms with E-state index in [0.29, 0.717) is 5.92 Å². The van der Waals surface area contributed by atoms with Gasteiger partial charge in [-0.3, -0.25) is 0 Å². The molecule has 1 unspecified atom stereocenters. The molecule has 0 radical (unpaired) electrons. The van der Waals surface area contributed by atoms with Crippen LogP contribution in [-0.4, -0.2) is 18.3 Å². The summed E-state index contributed by atoms with van der Waals surface area (Å²) in [5.41, 5.74) is 20.7. The lowest BCUT2D eigenvalue weighted by molar-refractivity contribution is 0.718. The highest BCUT2D eigenvalue weighted by molar-refractivity contribution is 6.16.